The Morgan fingerprint density at radius 3 is 2.09 bits per heavy atom. The van der Waals surface area contributed by atoms with Crippen LogP contribution in [0.3, 0.4) is 0 Å². The molecular formula is C28H50BN3O12. The van der Waals surface area contributed by atoms with Crippen molar-refractivity contribution >= 4 is 7.85 Å². The summed E-state index contributed by atoms with van der Waals surface area (Å²) in [5.41, 5.74) is 18.2. The van der Waals surface area contributed by atoms with Gasteiger partial charge < -0.3 is 75.9 Å². The molecule has 4 saturated heterocycles. The van der Waals surface area contributed by atoms with Crippen LogP contribution >= 0.6 is 0 Å². The van der Waals surface area contributed by atoms with Gasteiger partial charge in [0.05, 0.1) is 44.4 Å². The Balaban J connectivity index is 1.30. The molecule has 252 valence electrons. The van der Waals surface area contributed by atoms with Gasteiger partial charge in [0.2, 0.25) is 0 Å². The maximum absolute atomic E-state index is 11.3. The third-order valence-electron chi connectivity index (χ3n) is 9.77. The van der Waals surface area contributed by atoms with Crippen LogP contribution in [0.15, 0.2) is 0 Å². The molecule has 1 aliphatic carbocycles. The summed E-state index contributed by atoms with van der Waals surface area (Å²) < 4.78 is 50.1. The van der Waals surface area contributed by atoms with Gasteiger partial charge >= 0.3 is 0 Å². The summed E-state index contributed by atoms with van der Waals surface area (Å²) in [4.78, 5) is 0. The third-order valence-corrected chi connectivity index (χ3v) is 9.77. The molecule has 9 unspecified atom stereocenters. The summed E-state index contributed by atoms with van der Waals surface area (Å²) in [6.45, 7) is 5.27. The fourth-order valence-electron chi connectivity index (χ4n) is 7.14. The Morgan fingerprint density at radius 2 is 1.41 bits per heavy atom. The second-order valence-electron chi connectivity index (χ2n) is 13.2. The highest BCUT2D eigenvalue weighted by atomic mass is 16.8. The van der Waals surface area contributed by atoms with Crippen LogP contribution in [0, 0.1) is 11.8 Å². The molecule has 1 saturated carbocycles. The van der Waals surface area contributed by atoms with E-state index in [4.69, 9.17) is 59.6 Å². The quantitative estimate of drug-likeness (QED) is 0.127. The molecule has 5 rings (SSSR count). The standard InChI is InChI=1S/C28H50BN3O12/c1-8-6-12(31)23(43-26-14(29)18(35)25-21(41-26)9(2)5-10(3)38-25)24(16(8)33)44-28-20(37)22(11(4)39-28)42-27-15(32)19(36)17(34)13(7-30)40-27/h8-28,33-37H,5-7,30-32H2,1-4H3/t8-,9?,10?,11-,12?,13+,14?,15?,16?,17-,18-,19?,20?,21?,22+,23-,24-,25+,26-,27-,28+/m1/s1/i4D. The van der Waals surface area contributed by atoms with Gasteiger partial charge in [-0.05, 0) is 38.5 Å². The fourth-order valence-corrected chi connectivity index (χ4v) is 7.14. The zero-order valence-electron chi connectivity index (χ0n) is 26.4. The summed E-state index contributed by atoms with van der Waals surface area (Å²) in [5.74, 6) is -1.25. The van der Waals surface area contributed by atoms with Crippen LogP contribution in [0.1, 0.15) is 41.9 Å². The lowest BCUT2D eigenvalue weighted by Crippen LogP contribution is -2.64. The first-order valence-corrected chi connectivity index (χ1v) is 15.5. The number of nitrogens with two attached hydrogens (primary N) is 3. The molecule has 4 aliphatic heterocycles. The van der Waals surface area contributed by atoms with Crippen LogP contribution in [0.2, 0.25) is 5.82 Å². The molecule has 4 heterocycles. The molecule has 0 aromatic rings. The average molecular weight is 633 g/mol. The lowest BCUT2D eigenvalue weighted by atomic mass is 9.73. The highest BCUT2D eigenvalue weighted by molar-refractivity contribution is 6.12. The van der Waals surface area contributed by atoms with Crippen molar-refractivity contribution in [3.63, 3.8) is 0 Å². The number of hydrogen-bond donors (Lipinski definition) is 8. The third kappa shape index (κ3) is 6.59. The van der Waals surface area contributed by atoms with Crippen LogP contribution < -0.4 is 17.2 Å². The Kier molecular flexibility index (Phi) is 10.5. The molecule has 11 N–H and O–H groups in total. The van der Waals surface area contributed by atoms with Crippen LogP contribution in [-0.4, -0.2) is 150 Å². The number of aliphatic hydroxyl groups is 5. The Labute approximate surface area is 260 Å². The Bertz CT molecular complexity index is 982. The van der Waals surface area contributed by atoms with Crippen LogP contribution in [0.4, 0.5) is 0 Å². The lowest BCUT2D eigenvalue weighted by Gasteiger charge is -2.51. The monoisotopic (exact) mass is 632 g/mol. The summed E-state index contributed by atoms with van der Waals surface area (Å²) in [5, 5.41) is 54.1. The lowest BCUT2D eigenvalue weighted by molar-refractivity contribution is -0.323. The molecule has 15 nitrogen and oxygen atoms in total. The second kappa shape index (κ2) is 13.9. The number of ether oxygens (including phenoxy) is 7. The van der Waals surface area contributed by atoms with E-state index in [1.807, 2.05) is 13.8 Å². The molecule has 5 aliphatic rings. The molecule has 0 bridgehead atoms. The van der Waals surface area contributed by atoms with Crippen molar-refractivity contribution in [2.24, 2.45) is 29.0 Å². The van der Waals surface area contributed by atoms with Crippen LogP contribution in [0.5, 0.6) is 0 Å². The fraction of sp³-hybridized carbons (Fsp3) is 1.00. The van der Waals surface area contributed by atoms with E-state index < -0.39 is 110 Å². The normalized spacial score (nSPS) is 57.1. The van der Waals surface area contributed by atoms with Crippen LogP contribution in [-0.2, 0) is 33.2 Å². The van der Waals surface area contributed by atoms with E-state index in [0.29, 0.717) is 6.42 Å². The van der Waals surface area contributed by atoms with Gasteiger partial charge in [0.1, 0.15) is 48.8 Å². The predicted molar refractivity (Wildman–Crippen MR) is 153 cm³/mol. The summed E-state index contributed by atoms with van der Waals surface area (Å²) in [7, 11) is 6.38. The molecule has 0 amide bonds. The van der Waals surface area contributed by atoms with Crippen molar-refractivity contribution in [1.29, 1.82) is 0 Å². The first kappa shape index (κ1) is 33.4. The first-order valence-electron chi connectivity index (χ1n) is 16.2. The SMILES string of the molecule is [2H]C[C@H]1O[C@@H](O[C@@H]2C(O)[C@H](C)CC(N)[C@H]2O[C@H]2OC3C(C)CC(C)O[C@H]3[C@H](O)C2[B])C(O)[C@H]1O[C@H]1O[C@@H](CN)[C@@H](O)C(O)C1N. The smallest absolute Gasteiger partial charge is 0.187 e. The Hall–Kier alpha value is -0.535. The number of fused-ring (bicyclic) bond motifs is 1. The number of rotatable bonds is 7. The first-order chi connectivity index (χ1) is 21.3. The number of aliphatic hydroxyl groups excluding tert-OH is 5. The van der Waals surface area contributed by atoms with E-state index in [-0.39, 0.29) is 31.4 Å². The molecule has 2 radical (unpaired) electrons. The van der Waals surface area contributed by atoms with Gasteiger partial charge in [-0.1, -0.05) is 13.8 Å². The molecule has 44 heavy (non-hydrogen) atoms. The second-order valence-corrected chi connectivity index (χ2v) is 13.2. The minimum atomic E-state index is -1.49. The van der Waals surface area contributed by atoms with E-state index in [1.165, 1.54) is 0 Å². The minimum absolute atomic E-state index is 0.0521. The minimum Gasteiger partial charge on any atom is -0.391 e. The van der Waals surface area contributed by atoms with Crippen molar-refractivity contribution in [3.8, 4) is 0 Å². The topological polar surface area (TPSA) is 244 Å². The van der Waals surface area contributed by atoms with E-state index in [1.54, 1.807) is 6.92 Å². The predicted octanol–water partition coefficient (Wildman–Crippen LogP) is -3.44. The van der Waals surface area contributed by atoms with Gasteiger partial charge in [0.15, 0.2) is 18.9 Å². The van der Waals surface area contributed by atoms with E-state index in [0.717, 1.165) is 6.42 Å². The van der Waals surface area contributed by atoms with Gasteiger partial charge in [0.25, 0.3) is 0 Å². The zero-order valence-corrected chi connectivity index (χ0v) is 25.4. The largest absolute Gasteiger partial charge is 0.391 e. The highest BCUT2D eigenvalue weighted by Gasteiger charge is 2.54. The summed E-state index contributed by atoms with van der Waals surface area (Å²) >= 11 is 0. The zero-order chi connectivity index (χ0) is 32.9. The Morgan fingerprint density at radius 1 is 0.727 bits per heavy atom. The molecule has 21 atom stereocenters. The molecule has 16 heteroatoms. The highest BCUT2D eigenvalue weighted by Crippen LogP contribution is 2.41. The molecular weight excluding hydrogens is 581 g/mol. The molecule has 5 fully saturated rings. The molecule has 0 spiro atoms. The van der Waals surface area contributed by atoms with Gasteiger partial charge in [0, 0.05) is 19.8 Å². The maximum atomic E-state index is 11.3. The van der Waals surface area contributed by atoms with Crippen molar-refractivity contribution < 1.29 is 60.1 Å². The van der Waals surface area contributed by atoms with Crippen molar-refractivity contribution in [1.82, 2.24) is 0 Å². The average Bonchev–Trinajstić information content (AvgIpc) is 3.30. The maximum Gasteiger partial charge on any atom is 0.187 e. The number of hydrogen-bond acceptors (Lipinski definition) is 15. The van der Waals surface area contributed by atoms with E-state index >= 15 is 0 Å². The van der Waals surface area contributed by atoms with Crippen molar-refractivity contribution in [3.05, 3.63) is 0 Å². The van der Waals surface area contributed by atoms with Crippen LogP contribution in [0.25, 0.3) is 0 Å². The van der Waals surface area contributed by atoms with E-state index in [9.17, 15) is 25.5 Å². The van der Waals surface area contributed by atoms with Gasteiger partial charge in [-0.3, -0.25) is 0 Å². The van der Waals surface area contributed by atoms with Crippen molar-refractivity contribution in [2.45, 2.75) is 157 Å². The van der Waals surface area contributed by atoms with Gasteiger partial charge in [-0.2, -0.15) is 0 Å². The summed E-state index contributed by atoms with van der Waals surface area (Å²) in [6.07, 6.45) is -15.6. The molecule has 0 aromatic heterocycles. The van der Waals surface area contributed by atoms with Crippen molar-refractivity contribution in [2.75, 3.05) is 6.54 Å². The molecule has 0 aromatic carbocycles. The summed E-state index contributed by atoms with van der Waals surface area (Å²) in [6, 6.07) is -1.83. The van der Waals surface area contributed by atoms with Gasteiger partial charge in [-0.15, -0.1) is 0 Å². The van der Waals surface area contributed by atoms with E-state index in [2.05, 4.69) is 0 Å². The van der Waals surface area contributed by atoms with Gasteiger partial charge in [-0.25, -0.2) is 0 Å².